The van der Waals surface area contributed by atoms with Gasteiger partial charge in [0.15, 0.2) is 0 Å². The average Bonchev–Trinajstić information content (AvgIpc) is 1.83. The number of carbonyl (C=O) groups is 1. The van der Waals surface area contributed by atoms with Crippen molar-refractivity contribution >= 4 is 5.91 Å². The Labute approximate surface area is 61.6 Å². The van der Waals surface area contributed by atoms with Crippen LogP contribution in [0.3, 0.4) is 0 Å². The molecule has 0 bridgehead atoms. The SMILES string of the molecule is CCC(=O)N([O])C(C)(C)C. The minimum absolute atomic E-state index is 0.279. The highest BCUT2D eigenvalue weighted by atomic mass is 16.5. The van der Waals surface area contributed by atoms with Gasteiger partial charge in [-0.2, -0.15) is 5.06 Å². The summed E-state index contributed by atoms with van der Waals surface area (Å²) in [5.41, 5.74) is -0.590. The summed E-state index contributed by atoms with van der Waals surface area (Å²) in [6.45, 7) is 6.83. The normalized spacial score (nSPS) is 11.3. The maximum absolute atomic E-state index is 11.0. The molecule has 0 fully saturated rings. The second-order valence-electron chi connectivity index (χ2n) is 3.21. The van der Waals surface area contributed by atoms with E-state index in [9.17, 15) is 10.0 Å². The van der Waals surface area contributed by atoms with Crippen LogP contribution in [0.25, 0.3) is 0 Å². The van der Waals surface area contributed by atoms with E-state index in [1.165, 1.54) is 0 Å². The molecule has 0 N–H and O–H groups in total. The van der Waals surface area contributed by atoms with Gasteiger partial charge >= 0.3 is 0 Å². The van der Waals surface area contributed by atoms with Gasteiger partial charge < -0.3 is 0 Å². The Hall–Kier alpha value is -0.570. The van der Waals surface area contributed by atoms with Crippen molar-refractivity contribution in [1.29, 1.82) is 0 Å². The third-order valence-corrected chi connectivity index (χ3v) is 1.14. The Morgan fingerprint density at radius 3 is 1.90 bits per heavy atom. The fourth-order valence-corrected chi connectivity index (χ4v) is 0.518. The van der Waals surface area contributed by atoms with Crippen molar-refractivity contribution in [2.45, 2.75) is 39.7 Å². The van der Waals surface area contributed by atoms with E-state index < -0.39 is 5.54 Å². The Bertz CT molecular complexity index is 126. The maximum atomic E-state index is 11.0. The standard InChI is InChI=1S/C7H14NO2/c1-5-6(9)8(10)7(2,3)4/h5H2,1-4H3. The molecule has 0 rings (SSSR count). The Morgan fingerprint density at radius 2 is 1.80 bits per heavy atom. The fraction of sp³-hybridized carbons (Fsp3) is 0.857. The van der Waals surface area contributed by atoms with Crippen molar-refractivity contribution < 1.29 is 10.0 Å². The summed E-state index contributed by atoms with van der Waals surface area (Å²) in [5, 5.41) is 11.5. The lowest BCUT2D eigenvalue weighted by Crippen LogP contribution is -2.41. The molecule has 0 heterocycles. The molecular formula is C7H14NO2. The van der Waals surface area contributed by atoms with Gasteiger partial charge in [0.25, 0.3) is 0 Å². The number of hydroxylamine groups is 2. The molecule has 1 amide bonds. The lowest BCUT2D eigenvalue weighted by atomic mass is 10.1. The van der Waals surface area contributed by atoms with E-state index in [1.807, 2.05) is 0 Å². The van der Waals surface area contributed by atoms with Crippen LogP contribution in [0.1, 0.15) is 34.1 Å². The smallest absolute Gasteiger partial charge is 0.248 e. The number of amides is 1. The zero-order valence-electron chi connectivity index (χ0n) is 6.97. The molecule has 0 unspecified atom stereocenters. The van der Waals surface area contributed by atoms with E-state index in [1.54, 1.807) is 27.7 Å². The molecule has 0 aliphatic carbocycles. The first kappa shape index (κ1) is 9.43. The summed E-state index contributed by atoms with van der Waals surface area (Å²) >= 11 is 0. The molecule has 10 heavy (non-hydrogen) atoms. The third-order valence-electron chi connectivity index (χ3n) is 1.14. The van der Waals surface area contributed by atoms with E-state index in [0.717, 1.165) is 0 Å². The van der Waals surface area contributed by atoms with Crippen LogP contribution >= 0.6 is 0 Å². The van der Waals surface area contributed by atoms with E-state index in [-0.39, 0.29) is 12.3 Å². The summed E-state index contributed by atoms with van der Waals surface area (Å²) in [4.78, 5) is 10.8. The quantitative estimate of drug-likeness (QED) is 0.512. The predicted octanol–water partition coefficient (Wildman–Crippen LogP) is 1.37. The van der Waals surface area contributed by atoms with Gasteiger partial charge in [0.1, 0.15) is 0 Å². The van der Waals surface area contributed by atoms with Crippen LogP contribution in [0.5, 0.6) is 0 Å². The van der Waals surface area contributed by atoms with Gasteiger partial charge in [0.05, 0.1) is 5.54 Å². The first-order valence-electron chi connectivity index (χ1n) is 3.39. The highest BCUT2D eigenvalue weighted by Gasteiger charge is 2.24. The Kier molecular flexibility index (Phi) is 2.84. The molecule has 0 aromatic heterocycles. The summed E-state index contributed by atoms with van der Waals surface area (Å²) < 4.78 is 0. The maximum Gasteiger partial charge on any atom is 0.248 e. The van der Waals surface area contributed by atoms with Crippen molar-refractivity contribution in [3.63, 3.8) is 0 Å². The molecule has 0 aromatic carbocycles. The van der Waals surface area contributed by atoms with Gasteiger partial charge in [0.2, 0.25) is 5.91 Å². The molecule has 3 heteroatoms. The second kappa shape index (κ2) is 3.01. The first-order valence-corrected chi connectivity index (χ1v) is 3.39. The van der Waals surface area contributed by atoms with Gasteiger partial charge in [-0.05, 0) is 20.8 Å². The van der Waals surface area contributed by atoms with Gasteiger partial charge in [-0.3, -0.25) is 4.79 Å². The summed E-state index contributed by atoms with van der Waals surface area (Å²) in [7, 11) is 0. The average molecular weight is 144 g/mol. The highest BCUT2D eigenvalue weighted by molar-refractivity contribution is 5.75. The van der Waals surface area contributed by atoms with Crippen molar-refractivity contribution in [2.75, 3.05) is 0 Å². The fourth-order valence-electron chi connectivity index (χ4n) is 0.518. The number of rotatable bonds is 1. The lowest BCUT2D eigenvalue weighted by molar-refractivity contribution is -0.215. The molecule has 0 atom stereocenters. The molecule has 0 aromatic rings. The summed E-state index contributed by atoms with van der Waals surface area (Å²) in [5.74, 6) is -0.354. The minimum atomic E-state index is -0.590. The predicted molar refractivity (Wildman–Crippen MR) is 37.6 cm³/mol. The highest BCUT2D eigenvalue weighted by Crippen LogP contribution is 2.11. The van der Waals surface area contributed by atoms with Crippen molar-refractivity contribution in [3.05, 3.63) is 0 Å². The molecule has 0 aliphatic heterocycles. The van der Waals surface area contributed by atoms with Crippen LogP contribution < -0.4 is 0 Å². The molecule has 0 saturated heterocycles. The van der Waals surface area contributed by atoms with Gasteiger partial charge in [-0.1, -0.05) is 12.1 Å². The van der Waals surface area contributed by atoms with Gasteiger partial charge in [-0.15, -0.1) is 0 Å². The monoisotopic (exact) mass is 144 g/mol. The topological polar surface area (TPSA) is 40.2 Å². The minimum Gasteiger partial charge on any atom is -0.272 e. The first-order chi connectivity index (χ1) is 4.39. The number of hydrogen-bond acceptors (Lipinski definition) is 1. The molecule has 0 spiro atoms. The zero-order chi connectivity index (χ0) is 8.36. The van der Waals surface area contributed by atoms with Crippen molar-refractivity contribution in [2.24, 2.45) is 0 Å². The number of nitrogens with zero attached hydrogens (tertiary/aromatic N) is 1. The second-order valence-corrected chi connectivity index (χ2v) is 3.21. The van der Waals surface area contributed by atoms with Crippen LogP contribution in [0.4, 0.5) is 0 Å². The van der Waals surface area contributed by atoms with E-state index in [4.69, 9.17) is 0 Å². The Balaban J connectivity index is 4.08. The third kappa shape index (κ3) is 2.35. The largest absolute Gasteiger partial charge is 0.272 e. The van der Waals surface area contributed by atoms with E-state index in [0.29, 0.717) is 5.06 Å². The molecular weight excluding hydrogens is 130 g/mol. The molecule has 0 saturated carbocycles. The Morgan fingerprint density at radius 1 is 1.40 bits per heavy atom. The molecule has 59 valence electrons. The van der Waals surface area contributed by atoms with Crippen molar-refractivity contribution in [3.8, 4) is 0 Å². The number of carbonyl (C=O) groups excluding carboxylic acids is 1. The number of hydrogen-bond donors (Lipinski definition) is 0. The molecule has 1 radical (unpaired) electrons. The zero-order valence-corrected chi connectivity index (χ0v) is 6.97. The lowest BCUT2D eigenvalue weighted by Gasteiger charge is -2.26. The van der Waals surface area contributed by atoms with Crippen LogP contribution in [-0.4, -0.2) is 16.5 Å². The van der Waals surface area contributed by atoms with Crippen LogP contribution in [0.2, 0.25) is 0 Å². The van der Waals surface area contributed by atoms with Crippen LogP contribution in [-0.2, 0) is 10.0 Å². The van der Waals surface area contributed by atoms with Crippen LogP contribution in [0, 0.1) is 0 Å². The summed E-state index contributed by atoms with van der Waals surface area (Å²) in [6, 6.07) is 0. The van der Waals surface area contributed by atoms with Gasteiger partial charge in [-0.25, -0.2) is 0 Å². The van der Waals surface area contributed by atoms with E-state index >= 15 is 0 Å². The van der Waals surface area contributed by atoms with E-state index in [2.05, 4.69) is 0 Å². The van der Waals surface area contributed by atoms with Crippen LogP contribution in [0.15, 0.2) is 0 Å². The molecule has 3 nitrogen and oxygen atoms in total. The van der Waals surface area contributed by atoms with Crippen molar-refractivity contribution in [1.82, 2.24) is 5.06 Å². The summed E-state index contributed by atoms with van der Waals surface area (Å²) in [6.07, 6.45) is 0.279. The van der Waals surface area contributed by atoms with Gasteiger partial charge in [0, 0.05) is 6.42 Å². The molecule has 0 aliphatic rings.